The highest BCUT2D eigenvalue weighted by Crippen LogP contribution is 2.40. The van der Waals surface area contributed by atoms with E-state index in [2.05, 4.69) is 52.1 Å². The molecule has 0 spiro atoms. The summed E-state index contributed by atoms with van der Waals surface area (Å²) in [6, 6.07) is 4.20. The Bertz CT molecular complexity index is 711. The summed E-state index contributed by atoms with van der Waals surface area (Å²) in [6.07, 6.45) is 22.3. The molecule has 0 saturated carbocycles. The Kier molecular flexibility index (Phi) is 23.5. The number of unbranched alkanes of at least 4 members (excludes halogenated alkanes) is 15. The molecule has 0 unspecified atom stereocenters. The molecule has 0 heterocycles. The minimum atomic E-state index is 0.690. The average Bonchev–Trinajstić information content (AvgIpc) is 2.96. The van der Waals surface area contributed by atoms with Crippen molar-refractivity contribution in [1.29, 1.82) is 0 Å². The van der Waals surface area contributed by atoms with E-state index in [0.29, 0.717) is 19.8 Å². The molecule has 1 N–H and O–H groups in total. The summed E-state index contributed by atoms with van der Waals surface area (Å²) in [4.78, 5) is 4.74. The Balaban J connectivity index is 3.05. The lowest BCUT2D eigenvalue weighted by Crippen LogP contribution is -2.24. The number of ether oxygens (including phenoxy) is 3. The van der Waals surface area contributed by atoms with Crippen LogP contribution in [0.5, 0.6) is 17.2 Å². The lowest BCUT2D eigenvalue weighted by molar-refractivity contribution is 0.234. The number of rotatable bonds is 27. The standard InChI is InChI=1S/C35H64N2O3/c1-6-11-14-17-20-23-26-38-32-29-31(35(36-9-4)37-10-5)30-33(39-27-24-21-18-15-12-7-2)34(32)40-28-25-22-19-16-13-8-3/h29-30H,6-28H2,1-5H3,(H,36,37). The number of hydrogen-bond donors (Lipinski definition) is 1. The third-order valence-corrected chi connectivity index (χ3v) is 7.21. The van der Waals surface area contributed by atoms with E-state index in [0.717, 1.165) is 61.0 Å². The van der Waals surface area contributed by atoms with Gasteiger partial charge in [0.25, 0.3) is 0 Å². The maximum atomic E-state index is 6.44. The third kappa shape index (κ3) is 17.0. The summed E-state index contributed by atoms with van der Waals surface area (Å²) in [5.41, 5.74) is 1.01. The van der Waals surface area contributed by atoms with Crippen LogP contribution < -0.4 is 19.5 Å². The van der Waals surface area contributed by atoms with Crippen molar-refractivity contribution in [2.24, 2.45) is 4.99 Å². The van der Waals surface area contributed by atoms with Gasteiger partial charge in [-0.15, -0.1) is 0 Å². The topological polar surface area (TPSA) is 52.1 Å². The molecule has 40 heavy (non-hydrogen) atoms. The van der Waals surface area contributed by atoms with E-state index < -0.39 is 0 Å². The Morgan fingerprint density at radius 1 is 0.550 bits per heavy atom. The second-order valence-corrected chi connectivity index (χ2v) is 11.0. The number of benzene rings is 1. The maximum absolute atomic E-state index is 6.44. The van der Waals surface area contributed by atoms with Gasteiger partial charge in [0, 0.05) is 18.7 Å². The van der Waals surface area contributed by atoms with Gasteiger partial charge in [0.05, 0.1) is 19.8 Å². The second-order valence-electron chi connectivity index (χ2n) is 11.0. The molecule has 0 saturated heterocycles. The van der Waals surface area contributed by atoms with Gasteiger partial charge in [-0.25, -0.2) is 0 Å². The van der Waals surface area contributed by atoms with Crippen molar-refractivity contribution in [3.05, 3.63) is 17.7 Å². The van der Waals surface area contributed by atoms with E-state index in [-0.39, 0.29) is 0 Å². The SMILES string of the molecule is CCCCCCCCOc1cc(C(=NCC)NCC)cc(OCCCCCCCC)c1OCCCCCCCC. The summed E-state index contributed by atoms with van der Waals surface area (Å²) < 4.78 is 19.3. The zero-order valence-corrected chi connectivity index (χ0v) is 27.1. The lowest BCUT2D eigenvalue weighted by Gasteiger charge is -2.20. The van der Waals surface area contributed by atoms with Crippen LogP contribution in [0.2, 0.25) is 0 Å². The number of amidine groups is 1. The Labute approximate surface area is 248 Å². The molecule has 0 aliphatic heterocycles. The van der Waals surface area contributed by atoms with Crippen LogP contribution in [0, 0.1) is 0 Å². The van der Waals surface area contributed by atoms with Gasteiger partial charge in [-0.2, -0.15) is 0 Å². The van der Waals surface area contributed by atoms with Crippen LogP contribution in [0.3, 0.4) is 0 Å². The number of nitrogens with one attached hydrogen (secondary N) is 1. The van der Waals surface area contributed by atoms with E-state index in [9.17, 15) is 0 Å². The third-order valence-electron chi connectivity index (χ3n) is 7.21. The molecule has 1 aromatic carbocycles. The minimum Gasteiger partial charge on any atom is -0.490 e. The highest BCUT2D eigenvalue weighted by Gasteiger charge is 2.18. The minimum absolute atomic E-state index is 0.690. The fourth-order valence-corrected chi connectivity index (χ4v) is 4.83. The molecule has 0 aliphatic rings. The molecule has 0 aromatic heterocycles. The first-order valence-corrected chi connectivity index (χ1v) is 17.1. The molecule has 0 atom stereocenters. The highest BCUT2D eigenvalue weighted by atomic mass is 16.5. The molecule has 1 rings (SSSR count). The Hall–Kier alpha value is -1.91. The van der Waals surface area contributed by atoms with Crippen molar-refractivity contribution < 1.29 is 14.2 Å². The predicted molar refractivity (Wildman–Crippen MR) is 174 cm³/mol. The largest absolute Gasteiger partial charge is 0.490 e. The van der Waals surface area contributed by atoms with Gasteiger partial charge in [0.1, 0.15) is 5.84 Å². The average molecular weight is 561 g/mol. The number of nitrogens with zero attached hydrogens (tertiary/aromatic N) is 1. The molecule has 0 fully saturated rings. The molecule has 232 valence electrons. The van der Waals surface area contributed by atoms with Crippen molar-refractivity contribution in [2.75, 3.05) is 32.9 Å². The normalized spacial score (nSPS) is 11.6. The Morgan fingerprint density at radius 3 is 1.35 bits per heavy atom. The van der Waals surface area contributed by atoms with E-state index in [4.69, 9.17) is 19.2 Å². The van der Waals surface area contributed by atoms with E-state index in [1.165, 1.54) is 96.3 Å². The van der Waals surface area contributed by atoms with Crippen molar-refractivity contribution in [3.63, 3.8) is 0 Å². The zero-order chi connectivity index (χ0) is 29.1. The van der Waals surface area contributed by atoms with E-state index in [1.807, 2.05) is 0 Å². The smallest absolute Gasteiger partial charge is 0.203 e. The fourth-order valence-electron chi connectivity index (χ4n) is 4.83. The molecule has 1 aromatic rings. The van der Waals surface area contributed by atoms with Gasteiger partial charge < -0.3 is 19.5 Å². The first-order chi connectivity index (χ1) is 19.7. The molecule has 0 aliphatic carbocycles. The van der Waals surface area contributed by atoms with Crippen LogP contribution in [-0.2, 0) is 0 Å². The van der Waals surface area contributed by atoms with Crippen molar-refractivity contribution in [3.8, 4) is 17.2 Å². The van der Waals surface area contributed by atoms with Gasteiger partial charge in [-0.1, -0.05) is 117 Å². The molecule has 5 nitrogen and oxygen atoms in total. The summed E-state index contributed by atoms with van der Waals surface area (Å²) in [7, 11) is 0. The first kappa shape index (κ1) is 36.1. The maximum Gasteiger partial charge on any atom is 0.203 e. The summed E-state index contributed by atoms with van der Waals surface area (Å²) in [5.74, 6) is 3.23. The summed E-state index contributed by atoms with van der Waals surface area (Å²) in [5, 5.41) is 3.44. The second kappa shape index (κ2) is 26.0. The lowest BCUT2D eigenvalue weighted by atomic mass is 10.1. The monoisotopic (exact) mass is 560 g/mol. The van der Waals surface area contributed by atoms with Crippen LogP contribution in [0.4, 0.5) is 0 Å². The van der Waals surface area contributed by atoms with E-state index >= 15 is 0 Å². The molecule has 0 radical (unpaired) electrons. The highest BCUT2D eigenvalue weighted by molar-refractivity contribution is 6.00. The summed E-state index contributed by atoms with van der Waals surface area (Å²) in [6.45, 7) is 14.6. The molecular formula is C35H64N2O3. The van der Waals surface area contributed by atoms with Gasteiger partial charge in [0.15, 0.2) is 11.5 Å². The number of hydrogen-bond acceptors (Lipinski definition) is 4. The molecule has 0 amide bonds. The quantitative estimate of drug-likeness (QED) is 0.0660. The van der Waals surface area contributed by atoms with Gasteiger partial charge >= 0.3 is 0 Å². The van der Waals surface area contributed by atoms with Gasteiger partial charge in [-0.3, -0.25) is 4.99 Å². The van der Waals surface area contributed by atoms with E-state index in [1.54, 1.807) is 0 Å². The van der Waals surface area contributed by atoms with Gasteiger partial charge in [-0.05, 0) is 45.2 Å². The molecule has 5 heteroatoms. The first-order valence-electron chi connectivity index (χ1n) is 17.1. The zero-order valence-electron chi connectivity index (χ0n) is 27.1. The predicted octanol–water partition coefficient (Wildman–Crippen LogP) is 10.3. The molecule has 0 bridgehead atoms. The molecular weight excluding hydrogens is 496 g/mol. The van der Waals surface area contributed by atoms with Crippen molar-refractivity contribution in [2.45, 2.75) is 150 Å². The van der Waals surface area contributed by atoms with Crippen molar-refractivity contribution in [1.82, 2.24) is 5.32 Å². The van der Waals surface area contributed by atoms with Crippen LogP contribution in [0.1, 0.15) is 156 Å². The fraction of sp³-hybridized carbons (Fsp3) is 0.800. The van der Waals surface area contributed by atoms with Crippen LogP contribution >= 0.6 is 0 Å². The van der Waals surface area contributed by atoms with Crippen LogP contribution in [0.15, 0.2) is 17.1 Å². The Morgan fingerprint density at radius 2 is 0.950 bits per heavy atom. The number of aliphatic imine (C=N–C) groups is 1. The van der Waals surface area contributed by atoms with Crippen molar-refractivity contribution >= 4 is 5.84 Å². The van der Waals surface area contributed by atoms with Crippen LogP contribution in [-0.4, -0.2) is 38.7 Å². The summed E-state index contributed by atoms with van der Waals surface area (Å²) >= 11 is 0. The van der Waals surface area contributed by atoms with Crippen LogP contribution in [0.25, 0.3) is 0 Å². The van der Waals surface area contributed by atoms with Gasteiger partial charge in [0.2, 0.25) is 5.75 Å².